The van der Waals surface area contributed by atoms with Gasteiger partial charge in [-0.15, -0.1) is 11.3 Å². The summed E-state index contributed by atoms with van der Waals surface area (Å²) < 4.78 is 7.18. The maximum atomic E-state index is 10.3. The Hall–Kier alpha value is -2.11. The second-order valence-corrected chi connectivity index (χ2v) is 9.11. The first-order valence-corrected chi connectivity index (χ1v) is 10.4. The smallest absolute Gasteiger partial charge is 0.167 e. The molecule has 5 rings (SSSR count). The Morgan fingerprint density at radius 2 is 2.07 bits per heavy atom. The first-order chi connectivity index (χ1) is 14.0. The largest absolute Gasteiger partial charge is 0.394 e. The van der Waals surface area contributed by atoms with Crippen LogP contribution in [-0.2, 0) is 10.2 Å². The minimum Gasteiger partial charge on any atom is -0.394 e. The number of nitrogens with zero attached hydrogens (tertiary/aromatic N) is 4. The van der Waals surface area contributed by atoms with Crippen molar-refractivity contribution in [3.63, 3.8) is 0 Å². The fourth-order valence-electron chi connectivity index (χ4n) is 3.91. The molecule has 1 aliphatic carbocycles. The van der Waals surface area contributed by atoms with Crippen LogP contribution in [0, 0.1) is 6.92 Å². The van der Waals surface area contributed by atoms with E-state index >= 15 is 0 Å². The summed E-state index contributed by atoms with van der Waals surface area (Å²) in [6, 6.07) is 4.37. The Bertz CT molecular complexity index is 1030. The van der Waals surface area contributed by atoms with E-state index in [1.54, 1.807) is 4.57 Å². The van der Waals surface area contributed by atoms with E-state index < -0.39 is 24.5 Å². The summed E-state index contributed by atoms with van der Waals surface area (Å²) >= 11 is 1.84. The lowest BCUT2D eigenvalue weighted by atomic mass is 10.1. The maximum Gasteiger partial charge on any atom is 0.167 e. The van der Waals surface area contributed by atoms with E-state index in [2.05, 4.69) is 39.3 Å². The minimum absolute atomic E-state index is 0.155. The molecule has 4 atom stereocenters. The number of aliphatic hydroxyl groups excluding tert-OH is 3. The molecule has 2 aliphatic rings. The number of imidazole rings is 1. The molecule has 2 fully saturated rings. The van der Waals surface area contributed by atoms with Crippen molar-refractivity contribution in [2.45, 2.75) is 49.7 Å². The molecule has 4 N–H and O–H groups in total. The van der Waals surface area contributed by atoms with Crippen LogP contribution in [0.3, 0.4) is 0 Å². The molecule has 10 heteroatoms. The standard InChI is InChI=1S/C19H23N5O4S/c1-10-2-3-12(29-10)19(4-5-19)7-20-16-13-17(22-8-21-16)24(9-23-13)18-15(27)14(26)11(6-25)28-18/h2-3,8-9,11,14-15,18,25-27H,4-7H2,1H3,(H,20,21,22)/t11-,14?,15?,18-/m1/s1. The third-order valence-corrected chi connectivity index (χ3v) is 7.11. The molecule has 0 radical (unpaired) electrons. The molecular formula is C19H23N5O4S. The highest BCUT2D eigenvalue weighted by Gasteiger charge is 2.46. The van der Waals surface area contributed by atoms with Crippen molar-refractivity contribution in [2.24, 2.45) is 0 Å². The summed E-state index contributed by atoms with van der Waals surface area (Å²) in [4.78, 5) is 15.8. The highest BCUT2D eigenvalue weighted by molar-refractivity contribution is 7.12. The molecule has 1 aliphatic heterocycles. The summed E-state index contributed by atoms with van der Waals surface area (Å²) in [7, 11) is 0. The molecule has 3 aromatic rings. The quantitative estimate of drug-likeness (QED) is 0.467. The summed E-state index contributed by atoms with van der Waals surface area (Å²) in [5.41, 5.74) is 1.22. The van der Waals surface area contributed by atoms with E-state index in [1.807, 2.05) is 11.3 Å². The second kappa shape index (κ2) is 6.99. The Labute approximate surface area is 171 Å². The van der Waals surface area contributed by atoms with E-state index in [4.69, 9.17) is 4.74 Å². The molecule has 0 amide bonds. The van der Waals surface area contributed by atoms with Gasteiger partial charge >= 0.3 is 0 Å². The summed E-state index contributed by atoms with van der Waals surface area (Å²) in [5, 5.41) is 33.1. The van der Waals surface area contributed by atoms with Crippen molar-refractivity contribution < 1.29 is 20.1 Å². The van der Waals surface area contributed by atoms with Crippen LogP contribution >= 0.6 is 11.3 Å². The number of ether oxygens (including phenoxy) is 1. The summed E-state index contributed by atoms with van der Waals surface area (Å²) in [5.74, 6) is 0.625. The molecule has 154 valence electrons. The van der Waals surface area contributed by atoms with Crippen molar-refractivity contribution in [3.05, 3.63) is 34.5 Å². The topological polar surface area (TPSA) is 126 Å². The van der Waals surface area contributed by atoms with E-state index in [0.29, 0.717) is 17.0 Å². The van der Waals surface area contributed by atoms with Gasteiger partial charge < -0.3 is 25.4 Å². The average molecular weight is 417 g/mol. The fraction of sp³-hybridized carbons (Fsp3) is 0.526. The first-order valence-electron chi connectivity index (χ1n) is 9.63. The van der Waals surface area contributed by atoms with Gasteiger partial charge in [-0.05, 0) is 31.9 Å². The van der Waals surface area contributed by atoms with Crippen LogP contribution in [-0.4, -0.2) is 66.3 Å². The number of anilines is 1. The Kier molecular flexibility index (Phi) is 4.56. The van der Waals surface area contributed by atoms with Crippen LogP contribution < -0.4 is 5.32 Å². The molecule has 3 aromatic heterocycles. The van der Waals surface area contributed by atoms with Crippen LogP contribution in [0.25, 0.3) is 11.2 Å². The number of rotatable bonds is 6. The van der Waals surface area contributed by atoms with Gasteiger partial charge in [0.25, 0.3) is 0 Å². The Morgan fingerprint density at radius 1 is 1.24 bits per heavy atom. The van der Waals surface area contributed by atoms with Crippen LogP contribution in [0.1, 0.15) is 28.8 Å². The molecule has 0 aromatic carbocycles. The van der Waals surface area contributed by atoms with Gasteiger partial charge in [-0.1, -0.05) is 0 Å². The van der Waals surface area contributed by atoms with Gasteiger partial charge in [-0.2, -0.15) is 0 Å². The van der Waals surface area contributed by atoms with E-state index in [0.717, 1.165) is 19.4 Å². The number of thiophene rings is 1. The van der Waals surface area contributed by atoms with Crippen molar-refractivity contribution in [3.8, 4) is 0 Å². The zero-order valence-electron chi connectivity index (χ0n) is 15.9. The Morgan fingerprint density at radius 3 is 2.72 bits per heavy atom. The zero-order chi connectivity index (χ0) is 20.2. The van der Waals surface area contributed by atoms with Crippen molar-refractivity contribution >= 4 is 28.3 Å². The number of hydrogen-bond donors (Lipinski definition) is 4. The lowest BCUT2D eigenvalue weighted by Crippen LogP contribution is -2.33. The van der Waals surface area contributed by atoms with Gasteiger partial charge in [0.05, 0.1) is 12.9 Å². The van der Waals surface area contributed by atoms with Gasteiger partial charge in [0.15, 0.2) is 23.2 Å². The second-order valence-electron chi connectivity index (χ2n) is 7.82. The van der Waals surface area contributed by atoms with Gasteiger partial charge in [-0.25, -0.2) is 15.0 Å². The highest BCUT2D eigenvalue weighted by atomic mass is 32.1. The predicted octanol–water partition coefficient (Wildman–Crippen LogP) is 0.951. The average Bonchev–Trinajstić information content (AvgIpc) is 3.03. The van der Waals surface area contributed by atoms with Crippen molar-refractivity contribution in [1.29, 1.82) is 0 Å². The SMILES string of the molecule is Cc1ccc(C2(CNc3ncnc4c3ncn4[C@@H]3O[C@H](CO)C(O)C3O)CC2)s1. The van der Waals surface area contributed by atoms with Gasteiger partial charge in [0.2, 0.25) is 0 Å². The maximum absolute atomic E-state index is 10.3. The molecule has 29 heavy (non-hydrogen) atoms. The third-order valence-electron chi connectivity index (χ3n) is 5.86. The molecule has 0 bridgehead atoms. The molecule has 0 spiro atoms. The molecular weight excluding hydrogens is 394 g/mol. The van der Waals surface area contributed by atoms with Gasteiger partial charge in [0, 0.05) is 21.7 Å². The molecule has 4 heterocycles. The van der Waals surface area contributed by atoms with Crippen LogP contribution in [0.5, 0.6) is 0 Å². The highest BCUT2D eigenvalue weighted by Crippen LogP contribution is 2.50. The lowest BCUT2D eigenvalue weighted by Gasteiger charge is -2.17. The number of aromatic nitrogens is 4. The molecule has 1 saturated heterocycles. The summed E-state index contributed by atoms with van der Waals surface area (Å²) in [6.45, 7) is 2.50. The van der Waals surface area contributed by atoms with E-state index in [9.17, 15) is 15.3 Å². The normalized spacial score (nSPS) is 28.1. The zero-order valence-corrected chi connectivity index (χ0v) is 16.7. The fourth-order valence-corrected chi connectivity index (χ4v) is 5.02. The predicted molar refractivity (Wildman–Crippen MR) is 107 cm³/mol. The van der Waals surface area contributed by atoms with E-state index in [1.165, 1.54) is 22.4 Å². The van der Waals surface area contributed by atoms with Crippen LogP contribution in [0.15, 0.2) is 24.8 Å². The van der Waals surface area contributed by atoms with Crippen molar-refractivity contribution in [2.75, 3.05) is 18.5 Å². The lowest BCUT2D eigenvalue weighted by molar-refractivity contribution is -0.0511. The summed E-state index contributed by atoms with van der Waals surface area (Å²) in [6.07, 6.45) is 1.16. The van der Waals surface area contributed by atoms with Crippen molar-refractivity contribution in [1.82, 2.24) is 19.5 Å². The number of fused-ring (bicyclic) bond motifs is 1. The minimum atomic E-state index is -1.19. The van der Waals surface area contributed by atoms with E-state index in [-0.39, 0.29) is 12.0 Å². The number of aryl methyl sites for hydroxylation is 1. The Balaban J connectivity index is 1.40. The van der Waals surface area contributed by atoms with Gasteiger partial charge in [0.1, 0.15) is 24.6 Å². The molecule has 9 nitrogen and oxygen atoms in total. The number of nitrogens with one attached hydrogen (secondary N) is 1. The van der Waals surface area contributed by atoms with Crippen LogP contribution in [0.4, 0.5) is 5.82 Å². The third kappa shape index (κ3) is 3.11. The molecule has 2 unspecified atom stereocenters. The monoisotopic (exact) mass is 417 g/mol. The molecule has 1 saturated carbocycles. The number of hydrogen-bond acceptors (Lipinski definition) is 9. The number of aliphatic hydroxyl groups is 3. The van der Waals surface area contributed by atoms with Gasteiger partial charge in [-0.3, -0.25) is 4.57 Å². The van der Waals surface area contributed by atoms with Crippen LogP contribution in [0.2, 0.25) is 0 Å². The first kappa shape index (κ1) is 18.9.